The maximum Gasteiger partial charge on any atom is 0.0601 e. The molecule has 21 heavy (non-hydrogen) atoms. The molecule has 1 fully saturated rings. The van der Waals surface area contributed by atoms with Gasteiger partial charge in [-0.3, -0.25) is 4.98 Å². The van der Waals surface area contributed by atoms with E-state index < -0.39 is 0 Å². The second-order valence-corrected chi connectivity index (χ2v) is 5.66. The smallest absolute Gasteiger partial charge is 0.0601 e. The summed E-state index contributed by atoms with van der Waals surface area (Å²) in [7, 11) is 0. The highest BCUT2D eigenvalue weighted by Gasteiger charge is 2.19. The van der Waals surface area contributed by atoms with Gasteiger partial charge in [0.2, 0.25) is 0 Å². The Balaban J connectivity index is 1.62. The largest absolute Gasteiger partial charge is 0.366 e. The van der Waals surface area contributed by atoms with Crippen molar-refractivity contribution in [2.75, 3.05) is 11.4 Å². The normalized spacial score (nSPS) is 14.1. The summed E-state index contributed by atoms with van der Waals surface area (Å²) in [5, 5.41) is 3.55. The fraction of sp³-hybridized carbons (Fsp3) is 0.389. The molecule has 3 rings (SSSR count). The van der Waals surface area contributed by atoms with Crippen molar-refractivity contribution in [3.8, 4) is 0 Å². The van der Waals surface area contributed by atoms with Crippen LogP contribution in [0.25, 0.3) is 0 Å². The summed E-state index contributed by atoms with van der Waals surface area (Å²) < 4.78 is 0. The Morgan fingerprint density at radius 2 is 1.95 bits per heavy atom. The Kier molecular flexibility index (Phi) is 4.51. The third-order valence-electron chi connectivity index (χ3n) is 3.93. The quantitative estimate of drug-likeness (QED) is 0.843. The molecule has 0 unspecified atom stereocenters. The number of nitrogens with zero attached hydrogens (tertiary/aromatic N) is 2. The average Bonchev–Trinajstić information content (AvgIpc) is 3.37. The van der Waals surface area contributed by atoms with E-state index >= 15 is 0 Å². The van der Waals surface area contributed by atoms with E-state index in [1.165, 1.54) is 24.1 Å². The summed E-state index contributed by atoms with van der Waals surface area (Å²) in [5.74, 6) is 0. The van der Waals surface area contributed by atoms with E-state index in [2.05, 4.69) is 52.5 Å². The van der Waals surface area contributed by atoms with Crippen LogP contribution in [-0.4, -0.2) is 17.6 Å². The van der Waals surface area contributed by atoms with Crippen LogP contribution < -0.4 is 10.2 Å². The lowest BCUT2D eigenvalue weighted by molar-refractivity contribution is 0.687. The maximum atomic E-state index is 4.41. The first kappa shape index (κ1) is 14.1. The molecule has 0 aliphatic heterocycles. The summed E-state index contributed by atoms with van der Waals surface area (Å²) >= 11 is 0. The molecule has 0 amide bonds. The van der Waals surface area contributed by atoms with Crippen molar-refractivity contribution in [2.24, 2.45) is 0 Å². The molecule has 1 aromatic carbocycles. The molecular formula is C18H23N3. The van der Waals surface area contributed by atoms with Crippen molar-refractivity contribution >= 4 is 5.69 Å². The Labute approximate surface area is 127 Å². The van der Waals surface area contributed by atoms with Gasteiger partial charge >= 0.3 is 0 Å². The lowest BCUT2D eigenvalue weighted by Gasteiger charge is -2.23. The fourth-order valence-electron chi connectivity index (χ4n) is 2.45. The predicted octanol–water partition coefficient (Wildman–Crippen LogP) is 3.36. The minimum atomic E-state index is 0.765. The van der Waals surface area contributed by atoms with Gasteiger partial charge in [0.1, 0.15) is 0 Å². The standard InChI is InChI=1S/C18H23N3/c1-2-21(14-17-5-3-4-12-19-17)18-10-6-15(7-11-18)13-20-16-8-9-16/h3-7,10-12,16,20H,2,8-9,13-14H2,1H3. The van der Waals surface area contributed by atoms with Crippen molar-refractivity contribution in [3.63, 3.8) is 0 Å². The van der Waals surface area contributed by atoms with E-state index in [0.29, 0.717) is 0 Å². The van der Waals surface area contributed by atoms with Gasteiger partial charge in [0.15, 0.2) is 0 Å². The zero-order valence-electron chi connectivity index (χ0n) is 12.6. The SMILES string of the molecule is CCN(Cc1ccccn1)c1ccc(CNC2CC2)cc1. The molecule has 0 bridgehead atoms. The second kappa shape index (κ2) is 6.72. The van der Waals surface area contributed by atoms with Crippen LogP contribution in [0.4, 0.5) is 5.69 Å². The Morgan fingerprint density at radius 3 is 2.57 bits per heavy atom. The van der Waals surface area contributed by atoms with Crippen LogP contribution in [0.3, 0.4) is 0 Å². The van der Waals surface area contributed by atoms with Gasteiger partial charge in [-0.05, 0) is 49.6 Å². The van der Waals surface area contributed by atoms with Gasteiger partial charge in [0.05, 0.1) is 12.2 Å². The zero-order valence-corrected chi connectivity index (χ0v) is 12.6. The zero-order chi connectivity index (χ0) is 14.5. The van der Waals surface area contributed by atoms with E-state index in [0.717, 1.165) is 31.4 Å². The highest BCUT2D eigenvalue weighted by Crippen LogP contribution is 2.21. The van der Waals surface area contributed by atoms with Crippen LogP contribution >= 0.6 is 0 Å². The van der Waals surface area contributed by atoms with Crippen LogP contribution in [0, 0.1) is 0 Å². The average molecular weight is 281 g/mol. The third kappa shape index (κ3) is 4.05. The van der Waals surface area contributed by atoms with Gasteiger partial charge in [-0.1, -0.05) is 18.2 Å². The van der Waals surface area contributed by atoms with Crippen molar-refractivity contribution < 1.29 is 0 Å². The minimum Gasteiger partial charge on any atom is -0.366 e. The van der Waals surface area contributed by atoms with E-state index in [-0.39, 0.29) is 0 Å². The molecule has 0 radical (unpaired) electrons. The van der Waals surface area contributed by atoms with Gasteiger partial charge in [-0.2, -0.15) is 0 Å². The maximum absolute atomic E-state index is 4.41. The Morgan fingerprint density at radius 1 is 1.14 bits per heavy atom. The number of hydrogen-bond donors (Lipinski definition) is 1. The molecule has 0 spiro atoms. The molecule has 110 valence electrons. The fourth-order valence-corrected chi connectivity index (χ4v) is 2.45. The van der Waals surface area contributed by atoms with Gasteiger partial charge in [-0.15, -0.1) is 0 Å². The van der Waals surface area contributed by atoms with Crippen LogP contribution in [0.1, 0.15) is 31.0 Å². The molecule has 1 aliphatic rings. The molecule has 2 aromatic rings. The minimum absolute atomic E-state index is 0.765. The number of benzene rings is 1. The molecular weight excluding hydrogens is 258 g/mol. The van der Waals surface area contributed by atoms with Crippen LogP contribution in [-0.2, 0) is 13.1 Å². The molecule has 0 atom stereocenters. The predicted molar refractivity (Wildman–Crippen MR) is 87.3 cm³/mol. The number of aromatic nitrogens is 1. The van der Waals surface area contributed by atoms with Gasteiger partial charge in [0.25, 0.3) is 0 Å². The summed E-state index contributed by atoms with van der Waals surface area (Å²) in [4.78, 5) is 6.76. The van der Waals surface area contributed by atoms with Crippen LogP contribution in [0.2, 0.25) is 0 Å². The first-order chi connectivity index (χ1) is 10.3. The van der Waals surface area contributed by atoms with Gasteiger partial charge < -0.3 is 10.2 Å². The monoisotopic (exact) mass is 281 g/mol. The molecule has 1 N–H and O–H groups in total. The third-order valence-corrected chi connectivity index (χ3v) is 3.93. The number of pyridine rings is 1. The lowest BCUT2D eigenvalue weighted by Crippen LogP contribution is -2.22. The number of anilines is 1. The van der Waals surface area contributed by atoms with E-state index in [1.54, 1.807) is 0 Å². The number of rotatable bonds is 7. The van der Waals surface area contributed by atoms with Gasteiger partial charge in [0, 0.05) is 31.0 Å². The van der Waals surface area contributed by atoms with Crippen LogP contribution in [0.15, 0.2) is 48.7 Å². The first-order valence-electron chi connectivity index (χ1n) is 7.82. The molecule has 1 heterocycles. The summed E-state index contributed by atoms with van der Waals surface area (Å²) in [5.41, 5.74) is 3.73. The molecule has 0 saturated heterocycles. The number of hydrogen-bond acceptors (Lipinski definition) is 3. The van der Waals surface area contributed by atoms with Crippen molar-refractivity contribution in [3.05, 3.63) is 59.9 Å². The summed E-state index contributed by atoms with van der Waals surface area (Å²) in [6, 6.07) is 15.7. The van der Waals surface area contributed by atoms with Crippen LogP contribution in [0.5, 0.6) is 0 Å². The molecule has 1 saturated carbocycles. The lowest BCUT2D eigenvalue weighted by atomic mass is 10.2. The Bertz CT molecular complexity index is 546. The second-order valence-electron chi connectivity index (χ2n) is 5.66. The highest BCUT2D eigenvalue weighted by atomic mass is 15.1. The van der Waals surface area contributed by atoms with E-state index in [1.807, 2.05) is 18.3 Å². The van der Waals surface area contributed by atoms with E-state index in [9.17, 15) is 0 Å². The topological polar surface area (TPSA) is 28.2 Å². The Hall–Kier alpha value is -1.87. The first-order valence-corrected chi connectivity index (χ1v) is 7.82. The molecule has 3 nitrogen and oxygen atoms in total. The van der Waals surface area contributed by atoms with E-state index in [4.69, 9.17) is 0 Å². The van der Waals surface area contributed by atoms with Crippen molar-refractivity contribution in [1.29, 1.82) is 0 Å². The van der Waals surface area contributed by atoms with Gasteiger partial charge in [-0.25, -0.2) is 0 Å². The molecule has 1 aromatic heterocycles. The number of nitrogens with one attached hydrogen (secondary N) is 1. The summed E-state index contributed by atoms with van der Waals surface area (Å²) in [6.07, 6.45) is 4.54. The van der Waals surface area contributed by atoms with Crippen molar-refractivity contribution in [1.82, 2.24) is 10.3 Å². The molecule has 3 heteroatoms. The molecule has 1 aliphatic carbocycles. The van der Waals surface area contributed by atoms with Crippen molar-refractivity contribution in [2.45, 2.75) is 38.9 Å². The summed E-state index contributed by atoms with van der Waals surface area (Å²) in [6.45, 7) is 5.01. The highest BCUT2D eigenvalue weighted by molar-refractivity contribution is 5.47.